The molecule has 64 valence electrons. The highest BCUT2D eigenvalue weighted by atomic mass is 35.6. The number of benzene rings is 1. The Bertz CT molecular complexity index is 304. The monoisotopic (exact) mass is 203 g/mol. The highest BCUT2D eigenvalue weighted by molar-refractivity contribution is 6.24. The lowest BCUT2D eigenvalue weighted by molar-refractivity contribution is 0.697. The third-order valence-electron chi connectivity index (χ3n) is 1.46. The Morgan fingerprint density at radius 1 is 1.08 bits per heavy atom. The third-order valence-corrected chi connectivity index (χ3v) is 1.46. The molecule has 12 heavy (non-hydrogen) atoms. The SMILES string of the molecule is ClOCl.c1ccc2[nH]ccc2c1. The summed E-state index contributed by atoms with van der Waals surface area (Å²) in [5.41, 5.74) is 1.21. The van der Waals surface area contributed by atoms with Crippen LogP contribution in [-0.2, 0) is 3.84 Å². The van der Waals surface area contributed by atoms with Crippen LogP contribution in [0, 0.1) is 0 Å². The molecule has 0 fully saturated rings. The van der Waals surface area contributed by atoms with Crippen molar-refractivity contribution < 1.29 is 3.84 Å². The van der Waals surface area contributed by atoms with Gasteiger partial charge in [0.15, 0.2) is 0 Å². The molecule has 2 nitrogen and oxygen atoms in total. The molecule has 1 aromatic heterocycles. The quantitative estimate of drug-likeness (QED) is 0.698. The van der Waals surface area contributed by atoms with E-state index in [9.17, 15) is 0 Å². The van der Waals surface area contributed by atoms with Gasteiger partial charge < -0.3 is 4.98 Å². The predicted molar refractivity (Wildman–Crippen MR) is 51.1 cm³/mol. The van der Waals surface area contributed by atoms with Gasteiger partial charge >= 0.3 is 0 Å². The average Bonchev–Trinajstić information content (AvgIpc) is 2.52. The number of aromatic amines is 1. The Kier molecular flexibility index (Phi) is 3.94. The molecular formula is C8H7Cl2NO. The van der Waals surface area contributed by atoms with Crippen molar-refractivity contribution in [2.45, 2.75) is 0 Å². The molecule has 2 aromatic rings. The first-order valence-electron chi connectivity index (χ1n) is 3.30. The summed E-state index contributed by atoms with van der Waals surface area (Å²) in [6, 6.07) is 10.3. The van der Waals surface area contributed by atoms with E-state index in [1.54, 1.807) is 0 Å². The predicted octanol–water partition coefficient (Wildman–Crippen LogP) is 3.48. The maximum atomic E-state index is 4.26. The van der Waals surface area contributed by atoms with E-state index >= 15 is 0 Å². The molecule has 1 aromatic carbocycles. The van der Waals surface area contributed by atoms with Gasteiger partial charge in [-0.1, -0.05) is 18.2 Å². The maximum absolute atomic E-state index is 4.26. The second-order valence-electron chi connectivity index (χ2n) is 2.12. The molecule has 0 bridgehead atoms. The Morgan fingerprint density at radius 2 is 1.75 bits per heavy atom. The number of nitrogens with one attached hydrogen (secondary N) is 1. The van der Waals surface area contributed by atoms with E-state index in [1.165, 1.54) is 10.9 Å². The summed E-state index contributed by atoms with van der Waals surface area (Å²) in [5.74, 6) is 0. The summed E-state index contributed by atoms with van der Waals surface area (Å²) >= 11 is 8.53. The normalized spacial score (nSPS) is 9.17. The molecule has 0 unspecified atom stereocenters. The minimum atomic E-state index is 1.21. The first-order valence-corrected chi connectivity index (χ1v) is 3.91. The number of halogens is 2. The van der Waals surface area contributed by atoms with E-state index < -0.39 is 0 Å². The molecule has 1 N–H and O–H groups in total. The fraction of sp³-hybridized carbons (Fsp3) is 0. The van der Waals surface area contributed by atoms with Gasteiger partial charge in [-0.2, -0.15) is 3.84 Å². The minimum Gasteiger partial charge on any atom is -0.361 e. The molecule has 0 atom stereocenters. The molecule has 0 saturated heterocycles. The highest BCUT2D eigenvalue weighted by Gasteiger charge is 1.86. The number of aromatic nitrogens is 1. The first-order chi connectivity index (χ1) is 5.88. The Hall–Kier alpha value is -0.700. The van der Waals surface area contributed by atoms with Gasteiger partial charge in [-0.05, 0) is 17.5 Å². The summed E-state index contributed by atoms with van der Waals surface area (Å²) in [6.45, 7) is 0. The third kappa shape index (κ3) is 2.41. The molecule has 2 rings (SSSR count). The standard InChI is InChI=1S/C8H7N.Cl2O/c1-2-4-8-7(3-1)5-6-9-8;1-3-2/h1-6,9H;. The number of para-hydroxylation sites is 1. The molecule has 0 radical (unpaired) electrons. The molecule has 0 amide bonds. The second-order valence-corrected chi connectivity index (χ2v) is 2.59. The van der Waals surface area contributed by atoms with Gasteiger partial charge in [0, 0.05) is 11.7 Å². The van der Waals surface area contributed by atoms with Gasteiger partial charge in [0.25, 0.3) is 0 Å². The minimum absolute atomic E-state index is 1.21. The zero-order valence-electron chi connectivity index (χ0n) is 6.13. The van der Waals surface area contributed by atoms with Crippen LogP contribution >= 0.6 is 23.7 Å². The fourth-order valence-electron chi connectivity index (χ4n) is 0.995. The van der Waals surface area contributed by atoms with Crippen LogP contribution < -0.4 is 0 Å². The van der Waals surface area contributed by atoms with Gasteiger partial charge in [0.1, 0.15) is 0 Å². The van der Waals surface area contributed by atoms with Crippen molar-refractivity contribution >= 4 is 34.6 Å². The lowest BCUT2D eigenvalue weighted by Crippen LogP contribution is -1.61. The molecule has 0 aliphatic heterocycles. The smallest absolute Gasteiger partial charge is 0.0832 e. The van der Waals surface area contributed by atoms with Crippen molar-refractivity contribution in [2.75, 3.05) is 0 Å². The Morgan fingerprint density at radius 3 is 2.42 bits per heavy atom. The average molecular weight is 204 g/mol. The number of H-pyrrole nitrogens is 1. The number of rotatable bonds is 0. The lowest BCUT2D eigenvalue weighted by Gasteiger charge is -1.83. The van der Waals surface area contributed by atoms with Crippen molar-refractivity contribution in [3.05, 3.63) is 36.5 Å². The van der Waals surface area contributed by atoms with Gasteiger partial charge in [-0.15, -0.1) is 0 Å². The van der Waals surface area contributed by atoms with Crippen molar-refractivity contribution in [1.29, 1.82) is 0 Å². The van der Waals surface area contributed by atoms with Crippen LogP contribution in [-0.4, -0.2) is 4.98 Å². The number of fused-ring (bicyclic) bond motifs is 1. The summed E-state index contributed by atoms with van der Waals surface area (Å²) < 4.78 is 3.19. The van der Waals surface area contributed by atoms with Gasteiger partial charge in [-0.3, -0.25) is 0 Å². The van der Waals surface area contributed by atoms with Crippen LogP contribution in [0.3, 0.4) is 0 Å². The largest absolute Gasteiger partial charge is 0.361 e. The van der Waals surface area contributed by atoms with Gasteiger partial charge in [0.05, 0.1) is 23.7 Å². The molecule has 0 spiro atoms. The van der Waals surface area contributed by atoms with Gasteiger partial charge in [-0.25, -0.2) is 0 Å². The van der Waals surface area contributed by atoms with Crippen LogP contribution in [0.15, 0.2) is 36.5 Å². The van der Waals surface area contributed by atoms with E-state index in [0.29, 0.717) is 0 Å². The van der Waals surface area contributed by atoms with E-state index in [-0.39, 0.29) is 0 Å². The topological polar surface area (TPSA) is 25.0 Å². The molecule has 4 heteroatoms. The first kappa shape index (κ1) is 9.39. The van der Waals surface area contributed by atoms with Crippen LogP contribution in [0.25, 0.3) is 10.9 Å². The van der Waals surface area contributed by atoms with Gasteiger partial charge in [0.2, 0.25) is 0 Å². The van der Waals surface area contributed by atoms with Crippen LogP contribution in [0.5, 0.6) is 0 Å². The summed E-state index contributed by atoms with van der Waals surface area (Å²) in [6.07, 6.45) is 1.95. The van der Waals surface area contributed by atoms with Crippen molar-refractivity contribution in [3.8, 4) is 0 Å². The van der Waals surface area contributed by atoms with E-state index in [2.05, 4.69) is 50.8 Å². The van der Waals surface area contributed by atoms with Crippen molar-refractivity contribution in [2.24, 2.45) is 0 Å². The maximum Gasteiger partial charge on any atom is 0.0832 e. The van der Waals surface area contributed by atoms with Crippen LogP contribution in [0.4, 0.5) is 0 Å². The molecule has 0 aliphatic carbocycles. The van der Waals surface area contributed by atoms with E-state index in [4.69, 9.17) is 0 Å². The zero-order chi connectivity index (χ0) is 8.81. The fourth-order valence-corrected chi connectivity index (χ4v) is 0.995. The van der Waals surface area contributed by atoms with E-state index in [0.717, 1.165) is 0 Å². The summed E-state index contributed by atoms with van der Waals surface area (Å²) in [7, 11) is 0. The lowest BCUT2D eigenvalue weighted by atomic mass is 10.3. The summed E-state index contributed by atoms with van der Waals surface area (Å²) in [5, 5.41) is 1.28. The number of hydrogen-bond donors (Lipinski definition) is 1. The number of hydrogen-bond acceptors (Lipinski definition) is 1. The molecule has 0 aliphatic rings. The molecule has 1 heterocycles. The second kappa shape index (κ2) is 5.04. The van der Waals surface area contributed by atoms with Crippen LogP contribution in [0.1, 0.15) is 0 Å². The van der Waals surface area contributed by atoms with Crippen LogP contribution in [0.2, 0.25) is 0 Å². The summed E-state index contributed by atoms with van der Waals surface area (Å²) in [4.78, 5) is 3.12. The Labute approximate surface area is 80.4 Å². The molecular weight excluding hydrogens is 197 g/mol. The van der Waals surface area contributed by atoms with Crippen molar-refractivity contribution in [1.82, 2.24) is 4.98 Å². The molecule has 0 saturated carbocycles. The highest BCUT2D eigenvalue weighted by Crippen LogP contribution is 2.09. The van der Waals surface area contributed by atoms with Crippen molar-refractivity contribution in [3.63, 3.8) is 0 Å². The van der Waals surface area contributed by atoms with E-state index in [1.807, 2.05) is 18.3 Å². The Balaban J connectivity index is 0.000000213. The zero-order valence-corrected chi connectivity index (χ0v) is 7.64.